The lowest BCUT2D eigenvalue weighted by molar-refractivity contribution is -0.137. The minimum absolute atomic E-state index is 0.230. The highest BCUT2D eigenvalue weighted by atomic mass is 28.4. The van der Waals surface area contributed by atoms with Crippen LogP contribution in [0.2, 0.25) is 19.1 Å². The SMILES string of the molecule is CCC(=O)CC[C@@H](C)[C@H]1CC[C@H]2[C@@H]3CC[C@@H]4C[C@H](O[Si](C)(C)CCCCC(=O)CCCN5C(=O)C=CC5=O)CC[C@]4(C)[C@H]3CC[C@]12C. The lowest BCUT2D eigenvalue weighted by Crippen LogP contribution is -2.55. The van der Waals surface area contributed by atoms with Crippen molar-refractivity contribution in [1.29, 1.82) is 0 Å². The van der Waals surface area contributed by atoms with Crippen molar-refractivity contribution in [2.24, 2.45) is 46.3 Å². The van der Waals surface area contributed by atoms with Gasteiger partial charge in [-0.05, 0) is 143 Å². The summed E-state index contributed by atoms with van der Waals surface area (Å²) in [7, 11) is -1.82. The summed E-state index contributed by atoms with van der Waals surface area (Å²) in [5.74, 6) is 4.98. The molecule has 1 heterocycles. The Morgan fingerprint density at radius 1 is 0.872 bits per heavy atom. The van der Waals surface area contributed by atoms with Gasteiger partial charge in [-0.2, -0.15) is 0 Å². The van der Waals surface area contributed by atoms with Crippen LogP contribution in [0, 0.1) is 46.3 Å². The normalized spacial score (nSPS) is 35.8. The molecule has 0 radical (unpaired) electrons. The zero-order valence-corrected chi connectivity index (χ0v) is 31.6. The van der Waals surface area contributed by atoms with E-state index in [1.807, 2.05) is 6.92 Å². The molecule has 0 N–H and O–H groups in total. The van der Waals surface area contributed by atoms with Crippen molar-refractivity contribution >= 4 is 31.7 Å². The third-order valence-electron chi connectivity index (χ3n) is 14.4. The molecule has 4 saturated carbocycles. The zero-order valence-electron chi connectivity index (χ0n) is 30.6. The maximum Gasteiger partial charge on any atom is 0.253 e. The van der Waals surface area contributed by atoms with Crippen LogP contribution in [0.5, 0.6) is 0 Å². The second-order valence-corrected chi connectivity index (χ2v) is 21.8. The molecule has 0 saturated heterocycles. The van der Waals surface area contributed by atoms with Gasteiger partial charge in [0.15, 0.2) is 8.32 Å². The lowest BCUT2D eigenvalue weighted by atomic mass is 9.44. The molecule has 5 rings (SSSR count). The van der Waals surface area contributed by atoms with E-state index in [-0.39, 0.29) is 17.6 Å². The minimum atomic E-state index is -1.82. The van der Waals surface area contributed by atoms with Gasteiger partial charge in [-0.1, -0.05) is 34.1 Å². The summed E-state index contributed by atoms with van der Waals surface area (Å²) in [5, 5.41) is 0. The van der Waals surface area contributed by atoms with E-state index in [0.717, 1.165) is 61.3 Å². The third kappa shape index (κ3) is 8.08. The summed E-state index contributed by atoms with van der Waals surface area (Å²) in [5.41, 5.74) is 0.922. The van der Waals surface area contributed by atoms with Crippen molar-refractivity contribution in [3.8, 4) is 0 Å². The van der Waals surface area contributed by atoms with Crippen LogP contribution in [-0.4, -0.2) is 49.2 Å². The molecule has 0 aromatic rings. The van der Waals surface area contributed by atoms with Gasteiger partial charge in [0.2, 0.25) is 0 Å². The predicted molar refractivity (Wildman–Crippen MR) is 190 cm³/mol. The predicted octanol–water partition coefficient (Wildman–Crippen LogP) is 9.08. The number of nitrogens with zero attached hydrogens (tertiary/aromatic N) is 1. The molecular weight excluding hydrogens is 603 g/mol. The molecule has 9 atom stereocenters. The minimum Gasteiger partial charge on any atom is -0.414 e. The van der Waals surface area contributed by atoms with Gasteiger partial charge < -0.3 is 4.43 Å². The van der Waals surface area contributed by atoms with E-state index < -0.39 is 8.32 Å². The van der Waals surface area contributed by atoms with E-state index in [1.54, 1.807) is 0 Å². The molecule has 0 spiro atoms. The molecule has 1 aliphatic heterocycles. The Kier molecular flexibility index (Phi) is 11.8. The van der Waals surface area contributed by atoms with Crippen LogP contribution < -0.4 is 0 Å². The van der Waals surface area contributed by atoms with Crippen LogP contribution in [-0.2, 0) is 23.6 Å². The van der Waals surface area contributed by atoms with Crippen LogP contribution in [0.3, 0.4) is 0 Å². The summed E-state index contributed by atoms with van der Waals surface area (Å²) in [6.45, 7) is 14.8. The van der Waals surface area contributed by atoms with Crippen molar-refractivity contribution in [2.75, 3.05) is 6.54 Å². The van der Waals surface area contributed by atoms with Crippen molar-refractivity contribution in [3.05, 3.63) is 12.2 Å². The van der Waals surface area contributed by atoms with Crippen LogP contribution in [0.25, 0.3) is 0 Å². The number of ketones is 2. The average molecular weight is 668 g/mol. The number of rotatable bonds is 16. The Labute approximate surface area is 286 Å². The fraction of sp³-hybridized carbons (Fsp3) is 0.850. The van der Waals surface area contributed by atoms with Crippen molar-refractivity contribution < 1.29 is 23.6 Å². The molecular formula is C40H65NO5Si. The Morgan fingerprint density at radius 3 is 2.28 bits per heavy atom. The highest BCUT2D eigenvalue weighted by Crippen LogP contribution is 2.68. The average Bonchev–Trinajstić information content (AvgIpc) is 3.55. The molecule has 4 aliphatic carbocycles. The topological polar surface area (TPSA) is 80.8 Å². The summed E-state index contributed by atoms with van der Waals surface area (Å²) in [6.07, 6.45) is 21.1. The number of hydrogen-bond donors (Lipinski definition) is 0. The van der Waals surface area contributed by atoms with Gasteiger partial charge in [-0.15, -0.1) is 0 Å². The molecule has 47 heavy (non-hydrogen) atoms. The van der Waals surface area contributed by atoms with Crippen LogP contribution in [0.4, 0.5) is 0 Å². The number of hydrogen-bond acceptors (Lipinski definition) is 5. The van der Waals surface area contributed by atoms with Gasteiger partial charge in [-0.3, -0.25) is 24.1 Å². The number of carbonyl (C=O) groups excluding carboxylic acids is 4. The molecule has 5 aliphatic rings. The number of amides is 2. The summed E-state index contributed by atoms with van der Waals surface area (Å²) < 4.78 is 6.99. The zero-order chi connectivity index (χ0) is 34.0. The molecule has 4 fully saturated rings. The fourth-order valence-electron chi connectivity index (χ4n) is 11.7. The van der Waals surface area contributed by atoms with Gasteiger partial charge in [-0.25, -0.2) is 0 Å². The van der Waals surface area contributed by atoms with E-state index in [4.69, 9.17) is 4.43 Å². The van der Waals surface area contributed by atoms with Gasteiger partial charge in [0.1, 0.15) is 11.6 Å². The molecule has 6 nitrogen and oxygen atoms in total. The summed E-state index contributed by atoms with van der Waals surface area (Å²) in [6, 6.07) is 1.10. The van der Waals surface area contributed by atoms with Crippen molar-refractivity contribution in [2.45, 2.75) is 162 Å². The van der Waals surface area contributed by atoms with Gasteiger partial charge >= 0.3 is 0 Å². The number of unbranched alkanes of at least 4 members (excludes halogenated alkanes) is 1. The van der Waals surface area contributed by atoms with E-state index in [9.17, 15) is 19.2 Å². The quantitative estimate of drug-likeness (QED) is 0.0932. The third-order valence-corrected chi connectivity index (χ3v) is 16.9. The highest BCUT2D eigenvalue weighted by molar-refractivity contribution is 6.71. The molecule has 2 amide bonds. The Hall–Kier alpha value is -1.60. The second-order valence-electron chi connectivity index (χ2n) is 17.6. The van der Waals surface area contributed by atoms with E-state index in [0.29, 0.717) is 60.9 Å². The number of carbonyl (C=O) groups is 4. The van der Waals surface area contributed by atoms with Crippen LogP contribution in [0.15, 0.2) is 12.2 Å². The Balaban J connectivity index is 1.05. The molecule has 0 unspecified atom stereocenters. The number of imide groups is 1. The monoisotopic (exact) mass is 667 g/mol. The first-order valence-electron chi connectivity index (χ1n) is 19.5. The van der Waals surface area contributed by atoms with E-state index >= 15 is 0 Å². The standard InChI is InChI=1S/C40H65NO5Si/c1-7-30(42)15-13-28(2)34-17-18-35-33-16-14-29-27-32(21-23-39(29,3)36(33)22-24-40(34,35)4)46-47(5,6)26-9-8-11-31(43)12-10-25-41-37(44)19-20-38(41)45/h19-20,28-29,32-36H,7-18,21-27H2,1-6H3/t28-,29-,32-,33+,34-,35+,36+,39+,40-/m1/s1. The highest BCUT2D eigenvalue weighted by Gasteiger charge is 2.60. The maximum atomic E-state index is 12.4. The lowest BCUT2D eigenvalue weighted by Gasteiger charge is -2.61. The first-order valence-corrected chi connectivity index (χ1v) is 22.6. The Bertz CT molecular complexity index is 1180. The first kappa shape index (κ1) is 36.7. The number of fused-ring (bicyclic) bond motifs is 5. The summed E-state index contributed by atoms with van der Waals surface area (Å²) >= 11 is 0. The smallest absolute Gasteiger partial charge is 0.253 e. The van der Waals surface area contributed by atoms with Gasteiger partial charge in [0.05, 0.1) is 0 Å². The van der Waals surface area contributed by atoms with Crippen molar-refractivity contribution in [1.82, 2.24) is 4.90 Å². The summed E-state index contributed by atoms with van der Waals surface area (Å²) in [4.78, 5) is 49.1. The van der Waals surface area contributed by atoms with Gasteiger partial charge in [0.25, 0.3) is 11.8 Å². The molecule has 0 bridgehead atoms. The largest absolute Gasteiger partial charge is 0.414 e. The fourth-order valence-corrected chi connectivity index (χ4v) is 14.0. The maximum absolute atomic E-state index is 12.4. The molecule has 7 heteroatoms. The molecule has 0 aromatic carbocycles. The Morgan fingerprint density at radius 2 is 1.55 bits per heavy atom. The van der Waals surface area contributed by atoms with E-state index in [2.05, 4.69) is 33.9 Å². The molecule has 0 aromatic heterocycles. The second kappa shape index (κ2) is 15.1. The van der Waals surface area contributed by atoms with Crippen molar-refractivity contribution in [3.63, 3.8) is 0 Å². The van der Waals surface area contributed by atoms with Gasteiger partial charge in [0, 0.05) is 50.5 Å². The first-order chi connectivity index (χ1) is 22.3. The van der Waals surface area contributed by atoms with Crippen LogP contribution >= 0.6 is 0 Å². The number of Topliss-reactive ketones (excluding diaryl/α,β-unsaturated/α-hetero) is 2. The van der Waals surface area contributed by atoms with Crippen LogP contribution in [0.1, 0.15) is 137 Å². The molecule has 264 valence electrons. The van der Waals surface area contributed by atoms with E-state index in [1.165, 1.54) is 74.8 Å².